The van der Waals surface area contributed by atoms with Crippen molar-refractivity contribution in [3.05, 3.63) is 47.5 Å². The van der Waals surface area contributed by atoms with Crippen molar-refractivity contribution in [2.75, 3.05) is 11.5 Å². The third-order valence-corrected chi connectivity index (χ3v) is 4.34. The van der Waals surface area contributed by atoms with Crippen molar-refractivity contribution in [3.8, 4) is 11.1 Å². The highest BCUT2D eigenvalue weighted by Crippen LogP contribution is 2.43. The number of nitrogen functional groups attached to an aromatic ring is 2. The summed E-state index contributed by atoms with van der Waals surface area (Å²) in [5, 5.41) is 1.34. The van der Waals surface area contributed by atoms with Crippen LogP contribution >= 0.6 is 11.3 Å². The van der Waals surface area contributed by atoms with Gasteiger partial charge in [-0.05, 0) is 41.8 Å². The molecule has 1 aromatic heterocycles. The molecule has 0 saturated carbocycles. The summed E-state index contributed by atoms with van der Waals surface area (Å²) in [5.41, 5.74) is 14.7. The van der Waals surface area contributed by atoms with E-state index < -0.39 is 11.6 Å². The van der Waals surface area contributed by atoms with E-state index in [0.29, 0.717) is 16.3 Å². The van der Waals surface area contributed by atoms with Crippen LogP contribution in [0.15, 0.2) is 30.3 Å². The Morgan fingerprint density at radius 3 is 2.45 bits per heavy atom. The average Bonchev–Trinajstić information content (AvgIpc) is 2.70. The van der Waals surface area contributed by atoms with Crippen molar-refractivity contribution in [3.63, 3.8) is 0 Å². The number of rotatable bonds is 1. The molecule has 0 aliphatic rings. The van der Waals surface area contributed by atoms with Gasteiger partial charge in [0.15, 0.2) is 11.6 Å². The van der Waals surface area contributed by atoms with Crippen molar-refractivity contribution < 1.29 is 8.78 Å². The Morgan fingerprint density at radius 2 is 1.75 bits per heavy atom. The number of aryl methyl sites for hydroxylation is 1. The lowest BCUT2D eigenvalue weighted by molar-refractivity contribution is 0.509. The van der Waals surface area contributed by atoms with E-state index in [4.69, 9.17) is 11.5 Å². The first kappa shape index (κ1) is 12.9. The highest BCUT2D eigenvalue weighted by Gasteiger charge is 2.15. The topological polar surface area (TPSA) is 52.0 Å². The van der Waals surface area contributed by atoms with Gasteiger partial charge >= 0.3 is 0 Å². The summed E-state index contributed by atoms with van der Waals surface area (Å²) in [7, 11) is 0. The monoisotopic (exact) mass is 290 g/mol. The van der Waals surface area contributed by atoms with Crippen LogP contribution in [0.25, 0.3) is 21.2 Å². The average molecular weight is 290 g/mol. The van der Waals surface area contributed by atoms with Gasteiger partial charge in [-0.25, -0.2) is 8.78 Å². The molecule has 0 fully saturated rings. The first-order valence-corrected chi connectivity index (χ1v) is 6.83. The molecule has 1 heterocycles. The van der Waals surface area contributed by atoms with E-state index in [1.54, 1.807) is 6.07 Å². The minimum Gasteiger partial charge on any atom is -0.396 e. The summed E-state index contributed by atoms with van der Waals surface area (Å²) < 4.78 is 27.5. The van der Waals surface area contributed by atoms with E-state index in [9.17, 15) is 8.78 Å². The molecule has 2 nitrogen and oxygen atoms in total. The number of benzene rings is 2. The number of hydrogen-bond acceptors (Lipinski definition) is 3. The minimum atomic E-state index is -0.874. The van der Waals surface area contributed by atoms with E-state index in [1.165, 1.54) is 17.4 Å². The normalized spacial score (nSPS) is 11.2. The van der Waals surface area contributed by atoms with Gasteiger partial charge < -0.3 is 11.5 Å². The largest absolute Gasteiger partial charge is 0.396 e. The van der Waals surface area contributed by atoms with Crippen molar-refractivity contribution in [2.24, 2.45) is 0 Å². The van der Waals surface area contributed by atoms with Crippen molar-refractivity contribution >= 4 is 32.1 Å². The minimum absolute atomic E-state index is 0.494. The van der Waals surface area contributed by atoms with Gasteiger partial charge in [0.2, 0.25) is 0 Å². The summed E-state index contributed by atoms with van der Waals surface area (Å²) in [6, 6.07) is 7.71. The van der Waals surface area contributed by atoms with Gasteiger partial charge in [0.05, 0.1) is 5.69 Å². The van der Waals surface area contributed by atoms with E-state index in [2.05, 4.69) is 0 Å². The maximum atomic E-state index is 13.5. The molecule has 20 heavy (non-hydrogen) atoms. The van der Waals surface area contributed by atoms with Gasteiger partial charge in [0, 0.05) is 10.1 Å². The molecule has 0 radical (unpaired) electrons. The standard InChI is InChI=1S/C15H12F2N2S/c1-7-2-5-11-13(14(18)15(19)20-11)12(7)8-3-4-9(16)10(17)6-8/h2-6H,18-19H2,1H3. The van der Waals surface area contributed by atoms with Gasteiger partial charge in [0.1, 0.15) is 5.00 Å². The Bertz CT molecular complexity index is 824. The molecule has 0 unspecified atom stereocenters. The second-order valence-electron chi connectivity index (χ2n) is 4.64. The number of thiophene rings is 1. The van der Waals surface area contributed by atoms with Crippen LogP contribution in [-0.4, -0.2) is 0 Å². The molecular weight excluding hydrogens is 278 g/mol. The summed E-state index contributed by atoms with van der Waals surface area (Å²) in [5.74, 6) is -1.74. The zero-order valence-corrected chi connectivity index (χ0v) is 11.5. The number of anilines is 2. The van der Waals surface area contributed by atoms with E-state index >= 15 is 0 Å². The van der Waals surface area contributed by atoms with Crippen molar-refractivity contribution in [1.29, 1.82) is 0 Å². The second-order valence-corrected chi connectivity index (χ2v) is 5.72. The van der Waals surface area contributed by atoms with E-state index in [-0.39, 0.29) is 0 Å². The summed E-state index contributed by atoms with van der Waals surface area (Å²) in [6.45, 7) is 1.91. The molecule has 0 bridgehead atoms. The van der Waals surface area contributed by atoms with Crippen LogP contribution < -0.4 is 11.5 Å². The molecule has 4 N–H and O–H groups in total. The molecule has 0 atom stereocenters. The Balaban J connectivity index is 2.39. The highest BCUT2D eigenvalue weighted by molar-refractivity contribution is 7.23. The van der Waals surface area contributed by atoms with Gasteiger partial charge in [-0.3, -0.25) is 0 Å². The fraction of sp³-hybridized carbons (Fsp3) is 0.0667. The van der Waals surface area contributed by atoms with Gasteiger partial charge in [-0.2, -0.15) is 0 Å². The Hall–Kier alpha value is -2.14. The quantitative estimate of drug-likeness (QED) is 0.701. The van der Waals surface area contributed by atoms with Crippen LogP contribution in [0.4, 0.5) is 19.5 Å². The molecule has 0 aliphatic heterocycles. The van der Waals surface area contributed by atoms with Crippen molar-refractivity contribution in [1.82, 2.24) is 0 Å². The predicted molar refractivity (Wildman–Crippen MR) is 80.7 cm³/mol. The second kappa shape index (κ2) is 4.45. The molecule has 3 rings (SSSR count). The van der Waals surface area contributed by atoms with Crippen LogP contribution in [0.3, 0.4) is 0 Å². The predicted octanol–water partition coefficient (Wildman–Crippen LogP) is 4.32. The zero-order chi connectivity index (χ0) is 14.4. The molecular formula is C15H12F2N2S. The maximum absolute atomic E-state index is 13.5. The highest BCUT2D eigenvalue weighted by atomic mass is 32.1. The number of fused-ring (bicyclic) bond motifs is 1. The third-order valence-electron chi connectivity index (χ3n) is 3.34. The SMILES string of the molecule is Cc1ccc2sc(N)c(N)c2c1-c1ccc(F)c(F)c1. The molecule has 0 spiro atoms. The van der Waals surface area contributed by atoms with E-state index in [0.717, 1.165) is 27.3 Å². The summed E-state index contributed by atoms with van der Waals surface area (Å²) >= 11 is 1.39. The van der Waals surface area contributed by atoms with Gasteiger partial charge in [-0.1, -0.05) is 12.1 Å². The number of nitrogens with two attached hydrogens (primary N) is 2. The molecule has 0 aliphatic carbocycles. The van der Waals surface area contributed by atoms with Crippen molar-refractivity contribution in [2.45, 2.75) is 6.92 Å². The van der Waals surface area contributed by atoms with Crippen LogP contribution in [-0.2, 0) is 0 Å². The molecule has 0 amide bonds. The molecule has 5 heteroatoms. The lowest BCUT2D eigenvalue weighted by atomic mass is 9.96. The fourth-order valence-corrected chi connectivity index (χ4v) is 3.26. The molecule has 2 aromatic carbocycles. The first-order chi connectivity index (χ1) is 9.49. The lowest BCUT2D eigenvalue weighted by Crippen LogP contribution is -1.93. The maximum Gasteiger partial charge on any atom is 0.159 e. The Kier molecular flexibility index (Phi) is 2.87. The van der Waals surface area contributed by atoms with E-state index in [1.807, 2.05) is 19.1 Å². The van der Waals surface area contributed by atoms with Crippen LogP contribution in [0.1, 0.15) is 5.56 Å². The number of halogens is 2. The van der Waals surface area contributed by atoms with Crippen LogP contribution in [0.5, 0.6) is 0 Å². The molecule has 102 valence electrons. The summed E-state index contributed by atoms with van der Waals surface area (Å²) in [4.78, 5) is 0. The number of hydrogen-bond donors (Lipinski definition) is 2. The van der Waals surface area contributed by atoms with Crippen LogP contribution in [0.2, 0.25) is 0 Å². The Morgan fingerprint density at radius 1 is 1.00 bits per heavy atom. The van der Waals surface area contributed by atoms with Crippen LogP contribution in [0, 0.1) is 18.6 Å². The molecule has 3 aromatic rings. The fourth-order valence-electron chi connectivity index (χ4n) is 2.36. The Labute approximate surface area is 118 Å². The van der Waals surface area contributed by atoms with Gasteiger partial charge in [0.25, 0.3) is 0 Å². The lowest BCUT2D eigenvalue weighted by Gasteiger charge is -2.09. The molecule has 0 saturated heterocycles. The third kappa shape index (κ3) is 1.82. The smallest absolute Gasteiger partial charge is 0.159 e. The zero-order valence-electron chi connectivity index (χ0n) is 10.7. The summed E-state index contributed by atoms with van der Waals surface area (Å²) in [6.07, 6.45) is 0. The van der Waals surface area contributed by atoms with Gasteiger partial charge in [-0.15, -0.1) is 11.3 Å². The first-order valence-electron chi connectivity index (χ1n) is 6.01.